The van der Waals surface area contributed by atoms with Crippen LogP contribution in [-0.4, -0.2) is 38.5 Å². The maximum atomic E-state index is 12.1. The summed E-state index contributed by atoms with van der Waals surface area (Å²) in [6.45, 7) is 2.67. The van der Waals surface area contributed by atoms with Crippen LogP contribution in [0.2, 0.25) is 0 Å². The van der Waals surface area contributed by atoms with Crippen molar-refractivity contribution in [2.45, 2.75) is 24.7 Å². The van der Waals surface area contributed by atoms with Crippen LogP contribution in [0.3, 0.4) is 0 Å². The highest BCUT2D eigenvalue weighted by molar-refractivity contribution is 9.10. The third kappa shape index (κ3) is 4.88. The molecule has 0 fully saturated rings. The number of sulfone groups is 1. The van der Waals surface area contributed by atoms with E-state index in [4.69, 9.17) is 9.84 Å². The van der Waals surface area contributed by atoms with Gasteiger partial charge in [-0.05, 0) is 40.5 Å². The molecule has 0 atom stereocenters. The Hall–Kier alpha value is -0.920. The van der Waals surface area contributed by atoms with Gasteiger partial charge in [0.15, 0.2) is 9.84 Å². The Morgan fingerprint density at radius 3 is 2.65 bits per heavy atom. The van der Waals surface area contributed by atoms with Crippen LogP contribution in [0.15, 0.2) is 27.6 Å². The Kier molecular flexibility index (Phi) is 6.64. The quantitative estimate of drug-likeness (QED) is 0.717. The summed E-state index contributed by atoms with van der Waals surface area (Å²) in [4.78, 5) is 11.0. The van der Waals surface area contributed by atoms with Gasteiger partial charge in [-0.1, -0.05) is 13.3 Å². The van der Waals surface area contributed by atoms with Crippen molar-refractivity contribution < 1.29 is 23.1 Å². The lowest BCUT2D eigenvalue weighted by Crippen LogP contribution is -2.14. The molecular formula is C13H17BrO5S. The summed E-state index contributed by atoms with van der Waals surface area (Å²) in [6, 6.07) is 3.97. The molecule has 0 aliphatic carbocycles. The van der Waals surface area contributed by atoms with Gasteiger partial charge in [0.1, 0.15) is 0 Å². The second kappa shape index (κ2) is 7.75. The first-order valence-electron chi connectivity index (χ1n) is 6.22. The molecule has 0 spiro atoms. The predicted molar refractivity (Wildman–Crippen MR) is 78.9 cm³/mol. The Labute approximate surface area is 127 Å². The molecule has 112 valence electrons. The Balaban J connectivity index is 2.77. The van der Waals surface area contributed by atoms with Crippen molar-refractivity contribution in [3.63, 3.8) is 0 Å². The first-order chi connectivity index (χ1) is 9.38. The van der Waals surface area contributed by atoms with Gasteiger partial charge in [-0.15, -0.1) is 0 Å². The smallest absolute Gasteiger partial charge is 0.336 e. The monoisotopic (exact) mass is 364 g/mol. The van der Waals surface area contributed by atoms with Gasteiger partial charge in [0.2, 0.25) is 0 Å². The maximum absolute atomic E-state index is 12.1. The van der Waals surface area contributed by atoms with Crippen molar-refractivity contribution in [2.24, 2.45) is 0 Å². The molecule has 0 bridgehead atoms. The molecule has 7 heteroatoms. The SMILES string of the molecule is CCCCOCCS(=O)(=O)c1ccc(Br)c(C(=O)O)c1. The first kappa shape index (κ1) is 17.1. The van der Waals surface area contributed by atoms with Crippen molar-refractivity contribution in [2.75, 3.05) is 19.0 Å². The van der Waals surface area contributed by atoms with Gasteiger partial charge in [-0.3, -0.25) is 0 Å². The van der Waals surface area contributed by atoms with Gasteiger partial charge in [0, 0.05) is 11.1 Å². The lowest BCUT2D eigenvalue weighted by Gasteiger charge is -2.07. The molecule has 0 heterocycles. The molecule has 5 nitrogen and oxygen atoms in total. The number of hydrogen-bond acceptors (Lipinski definition) is 4. The van der Waals surface area contributed by atoms with Crippen LogP contribution in [0, 0.1) is 0 Å². The summed E-state index contributed by atoms with van der Waals surface area (Å²) in [5.74, 6) is -1.33. The second-order valence-corrected chi connectivity index (χ2v) is 7.20. The fourth-order valence-electron chi connectivity index (χ4n) is 1.50. The highest BCUT2D eigenvalue weighted by Gasteiger charge is 2.18. The first-order valence-corrected chi connectivity index (χ1v) is 8.66. The molecular weight excluding hydrogens is 348 g/mol. The molecule has 1 rings (SSSR count). The molecule has 0 saturated heterocycles. The number of hydrogen-bond donors (Lipinski definition) is 1. The molecule has 20 heavy (non-hydrogen) atoms. The van der Waals surface area contributed by atoms with E-state index in [2.05, 4.69) is 15.9 Å². The molecule has 0 saturated carbocycles. The van der Waals surface area contributed by atoms with Crippen molar-refractivity contribution in [3.05, 3.63) is 28.2 Å². The summed E-state index contributed by atoms with van der Waals surface area (Å²) in [6.07, 6.45) is 1.88. The number of benzene rings is 1. The van der Waals surface area contributed by atoms with E-state index in [9.17, 15) is 13.2 Å². The highest BCUT2D eigenvalue weighted by Crippen LogP contribution is 2.21. The fourth-order valence-corrected chi connectivity index (χ4v) is 3.06. The van der Waals surface area contributed by atoms with Gasteiger partial charge in [-0.25, -0.2) is 13.2 Å². The third-order valence-corrected chi connectivity index (χ3v) is 5.03. The molecule has 0 aliphatic heterocycles. The van der Waals surface area contributed by atoms with E-state index in [0.29, 0.717) is 11.1 Å². The lowest BCUT2D eigenvalue weighted by molar-refractivity contribution is 0.0695. The number of carboxylic acid groups (broad SMARTS) is 1. The topological polar surface area (TPSA) is 80.7 Å². The summed E-state index contributed by atoms with van der Waals surface area (Å²) < 4.78 is 29.7. The van der Waals surface area contributed by atoms with Gasteiger partial charge < -0.3 is 9.84 Å². The molecule has 0 aliphatic rings. The molecule has 0 amide bonds. The van der Waals surface area contributed by atoms with Crippen LogP contribution in [-0.2, 0) is 14.6 Å². The van der Waals surface area contributed by atoms with Crippen LogP contribution in [0.1, 0.15) is 30.1 Å². The zero-order valence-corrected chi connectivity index (χ0v) is 13.5. The van der Waals surface area contributed by atoms with Gasteiger partial charge >= 0.3 is 5.97 Å². The normalized spacial score (nSPS) is 11.5. The Bertz CT molecular complexity index is 568. The number of carbonyl (C=O) groups is 1. The lowest BCUT2D eigenvalue weighted by atomic mass is 10.2. The van der Waals surface area contributed by atoms with Crippen LogP contribution in [0.5, 0.6) is 0 Å². The number of halogens is 1. The largest absolute Gasteiger partial charge is 0.478 e. The highest BCUT2D eigenvalue weighted by atomic mass is 79.9. The van der Waals surface area contributed by atoms with Gasteiger partial charge in [-0.2, -0.15) is 0 Å². The zero-order chi connectivity index (χ0) is 15.2. The van der Waals surface area contributed by atoms with E-state index in [1.165, 1.54) is 12.1 Å². The summed E-state index contributed by atoms with van der Waals surface area (Å²) in [7, 11) is -3.53. The Morgan fingerprint density at radius 2 is 2.05 bits per heavy atom. The van der Waals surface area contributed by atoms with Gasteiger partial charge in [0.05, 0.1) is 22.8 Å². The van der Waals surface area contributed by atoms with E-state index in [1.54, 1.807) is 0 Å². The van der Waals surface area contributed by atoms with Crippen molar-refractivity contribution >= 4 is 31.7 Å². The average Bonchev–Trinajstić information content (AvgIpc) is 2.38. The van der Waals surface area contributed by atoms with E-state index < -0.39 is 15.8 Å². The van der Waals surface area contributed by atoms with E-state index in [1.807, 2.05) is 6.92 Å². The van der Waals surface area contributed by atoms with Crippen LogP contribution in [0.25, 0.3) is 0 Å². The van der Waals surface area contributed by atoms with Crippen LogP contribution < -0.4 is 0 Å². The number of aromatic carboxylic acids is 1. The predicted octanol–water partition coefficient (Wildman–Crippen LogP) is 2.74. The van der Waals surface area contributed by atoms with Crippen molar-refractivity contribution in [1.29, 1.82) is 0 Å². The number of unbranched alkanes of at least 4 members (excludes halogenated alkanes) is 1. The molecule has 1 N–H and O–H groups in total. The minimum atomic E-state index is -3.53. The number of rotatable bonds is 8. The Morgan fingerprint density at radius 1 is 1.35 bits per heavy atom. The maximum Gasteiger partial charge on any atom is 0.336 e. The van der Waals surface area contributed by atoms with E-state index in [-0.39, 0.29) is 22.8 Å². The summed E-state index contributed by atoms with van der Waals surface area (Å²) >= 11 is 3.08. The van der Waals surface area contributed by atoms with Gasteiger partial charge in [0.25, 0.3) is 0 Å². The fraction of sp³-hybridized carbons (Fsp3) is 0.462. The second-order valence-electron chi connectivity index (χ2n) is 4.23. The minimum absolute atomic E-state index is 0.00260. The summed E-state index contributed by atoms with van der Waals surface area (Å²) in [5, 5.41) is 8.98. The molecule has 0 unspecified atom stereocenters. The molecule has 0 aromatic heterocycles. The van der Waals surface area contributed by atoms with Crippen molar-refractivity contribution in [1.82, 2.24) is 0 Å². The molecule has 1 aromatic carbocycles. The summed E-state index contributed by atoms with van der Waals surface area (Å²) in [5.41, 5.74) is -0.0713. The zero-order valence-electron chi connectivity index (χ0n) is 11.1. The third-order valence-electron chi connectivity index (χ3n) is 2.67. The molecule has 0 radical (unpaired) electrons. The molecule has 1 aromatic rings. The number of ether oxygens (including phenoxy) is 1. The van der Waals surface area contributed by atoms with Crippen molar-refractivity contribution in [3.8, 4) is 0 Å². The average molecular weight is 365 g/mol. The van der Waals surface area contributed by atoms with E-state index in [0.717, 1.165) is 18.9 Å². The van der Waals surface area contributed by atoms with Crippen LogP contribution in [0.4, 0.5) is 0 Å². The number of carboxylic acids is 1. The van der Waals surface area contributed by atoms with Crippen LogP contribution >= 0.6 is 15.9 Å². The standard InChI is InChI=1S/C13H17BrO5S/c1-2-3-6-19-7-8-20(17,18)10-4-5-12(14)11(9-10)13(15)16/h4-5,9H,2-3,6-8H2,1H3,(H,15,16). The van der Waals surface area contributed by atoms with E-state index >= 15 is 0 Å². The minimum Gasteiger partial charge on any atom is -0.478 e.